The molecule has 1 amide bonds. The Balaban J connectivity index is 1.57. The molecule has 0 unspecified atom stereocenters. The normalized spacial score (nSPS) is 10.7. The number of esters is 1. The van der Waals surface area contributed by atoms with Crippen LogP contribution in [-0.4, -0.2) is 33.0 Å². The van der Waals surface area contributed by atoms with Crippen molar-refractivity contribution in [2.24, 2.45) is 0 Å². The molecule has 7 nitrogen and oxygen atoms in total. The lowest BCUT2D eigenvalue weighted by Crippen LogP contribution is -2.19. The maximum Gasteiger partial charge on any atom is 0.338 e. The van der Waals surface area contributed by atoms with Crippen LogP contribution in [0.5, 0.6) is 0 Å². The summed E-state index contributed by atoms with van der Waals surface area (Å²) in [6, 6.07) is 18.0. The van der Waals surface area contributed by atoms with E-state index < -0.39 is 0 Å². The number of pyridine rings is 1. The fourth-order valence-corrected chi connectivity index (χ4v) is 3.21. The predicted octanol–water partition coefficient (Wildman–Crippen LogP) is 3.91. The number of anilines is 1. The minimum Gasteiger partial charge on any atom is -0.462 e. The van der Waals surface area contributed by atoms with Gasteiger partial charge < -0.3 is 14.6 Å². The Bertz CT molecular complexity index is 1180. The van der Waals surface area contributed by atoms with Gasteiger partial charge in [-0.15, -0.1) is 0 Å². The van der Waals surface area contributed by atoms with E-state index in [0.717, 1.165) is 16.6 Å². The molecule has 150 valence electrons. The van der Waals surface area contributed by atoms with Crippen LogP contribution >= 0.6 is 0 Å². The average Bonchev–Trinajstić information content (AvgIpc) is 3.13. The van der Waals surface area contributed by atoms with E-state index in [1.807, 2.05) is 41.0 Å². The SMILES string of the molecule is CCOC(=O)c1ccc(NC(=O)Cn2c(-c3ccncc3)nc3ccccc32)cc1. The molecule has 2 aromatic carbocycles. The monoisotopic (exact) mass is 400 g/mol. The minimum absolute atomic E-state index is 0.0950. The van der Waals surface area contributed by atoms with Crippen molar-refractivity contribution in [2.45, 2.75) is 13.5 Å². The van der Waals surface area contributed by atoms with Gasteiger partial charge in [-0.1, -0.05) is 12.1 Å². The largest absolute Gasteiger partial charge is 0.462 e. The second-order valence-corrected chi connectivity index (χ2v) is 6.59. The molecule has 2 heterocycles. The van der Waals surface area contributed by atoms with Crippen LogP contribution in [0.3, 0.4) is 0 Å². The molecule has 0 atom stereocenters. The predicted molar refractivity (Wildman–Crippen MR) is 114 cm³/mol. The second kappa shape index (κ2) is 8.57. The molecule has 0 aliphatic carbocycles. The number of nitrogens with one attached hydrogen (secondary N) is 1. The highest BCUT2D eigenvalue weighted by Gasteiger charge is 2.15. The summed E-state index contributed by atoms with van der Waals surface area (Å²) in [6.07, 6.45) is 3.40. The smallest absolute Gasteiger partial charge is 0.338 e. The van der Waals surface area contributed by atoms with Gasteiger partial charge in [-0.3, -0.25) is 9.78 Å². The van der Waals surface area contributed by atoms with Gasteiger partial charge in [0.2, 0.25) is 5.91 Å². The Hall–Kier alpha value is -4.00. The fraction of sp³-hybridized carbons (Fsp3) is 0.130. The van der Waals surface area contributed by atoms with Gasteiger partial charge in [0.15, 0.2) is 0 Å². The highest BCUT2D eigenvalue weighted by Crippen LogP contribution is 2.24. The van der Waals surface area contributed by atoms with Gasteiger partial charge in [0.05, 0.1) is 23.2 Å². The summed E-state index contributed by atoms with van der Waals surface area (Å²) >= 11 is 0. The molecular weight excluding hydrogens is 380 g/mol. The maximum atomic E-state index is 12.8. The van der Waals surface area contributed by atoms with Crippen molar-refractivity contribution < 1.29 is 14.3 Å². The number of aromatic nitrogens is 3. The van der Waals surface area contributed by atoms with Crippen molar-refractivity contribution >= 4 is 28.6 Å². The number of hydrogen-bond donors (Lipinski definition) is 1. The first kappa shape index (κ1) is 19.3. The van der Waals surface area contributed by atoms with Crippen LogP contribution in [0.15, 0.2) is 73.1 Å². The number of carbonyl (C=O) groups is 2. The Morgan fingerprint density at radius 2 is 1.73 bits per heavy atom. The van der Waals surface area contributed by atoms with Gasteiger partial charge >= 0.3 is 5.97 Å². The zero-order valence-corrected chi connectivity index (χ0v) is 16.4. The number of fused-ring (bicyclic) bond motifs is 1. The molecule has 2 aromatic heterocycles. The quantitative estimate of drug-likeness (QED) is 0.496. The highest BCUT2D eigenvalue weighted by molar-refractivity contribution is 5.94. The van der Waals surface area contributed by atoms with Crippen molar-refractivity contribution in [1.82, 2.24) is 14.5 Å². The Labute approximate surface area is 173 Å². The van der Waals surface area contributed by atoms with Gasteiger partial charge in [0.1, 0.15) is 12.4 Å². The van der Waals surface area contributed by atoms with Crippen molar-refractivity contribution in [3.63, 3.8) is 0 Å². The molecule has 0 fully saturated rings. The van der Waals surface area contributed by atoms with Crippen LogP contribution < -0.4 is 5.32 Å². The van der Waals surface area contributed by atoms with Crippen molar-refractivity contribution in [1.29, 1.82) is 0 Å². The summed E-state index contributed by atoms with van der Waals surface area (Å²) in [5.74, 6) is 0.117. The van der Waals surface area contributed by atoms with Crippen LogP contribution in [0.25, 0.3) is 22.4 Å². The molecule has 0 saturated heterocycles. The molecule has 4 rings (SSSR count). The number of nitrogens with zero attached hydrogens (tertiary/aromatic N) is 3. The van der Waals surface area contributed by atoms with Crippen LogP contribution in [0, 0.1) is 0 Å². The number of carbonyl (C=O) groups excluding carboxylic acids is 2. The number of imidazole rings is 1. The third kappa shape index (κ3) is 4.05. The summed E-state index contributed by atoms with van der Waals surface area (Å²) in [6.45, 7) is 2.17. The number of rotatable bonds is 6. The van der Waals surface area contributed by atoms with Crippen LogP contribution in [0.2, 0.25) is 0 Å². The molecule has 1 N–H and O–H groups in total. The molecule has 7 heteroatoms. The van der Waals surface area contributed by atoms with E-state index in [-0.39, 0.29) is 18.4 Å². The lowest BCUT2D eigenvalue weighted by atomic mass is 10.2. The van der Waals surface area contributed by atoms with E-state index in [4.69, 9.17) is 9.72 Å². The third-order valence-corrected chi connectivity index (χ3v) is 4.57. The molecule has 4 aromatic rings. The number of ether oxygens (including phenoxy) is 1. The standard InChI is InChI=1S/C23H20N4O3/c1-2-30-23(29)17-7-9-18(10-8-17)25-21(28)15-27-20-6-4-3-5-19(20)26-22(27)16-11-13-24-14-12-16/h3-14H,2,15H2,1H3,(H,25,28). The summed E-state index contributed by atoms with van der Waals surface area (Å²) in [5.41, 5.74) is 3.61. The summed E-state index contributed by atoms with van der Waals surface area (Å²) in [7, 11) is 0. The van der Waals surface area contributed by atoms with Gasteiger partial charge in [-0.05, 0) is 55.5 Å². The summed E-state index contributed by atoms with van der Waals surface area (Å²) in [5, 5.41) is 2.87. The van der Waals surface area contributed by atoms with E-state index in [1.54, 1.807) is 43.6 Å². The molecule has 0 aliphatic heterocycles. The minimum atomic E-state index is -0.387. The van der Waals surface area contributed by atoms with E-state index in [1.165, 1.54) is 0 Å². The van der Waals surface area contributed by atoms with Gasteiger partial charge in [0, 0.05) is 23.6 Å². The van der Waals surface area contributed by atoms with Gasteiger partial charge in [0.25, 0.3) is 0 Å². The highest BCUT2D eigenvalue weighted by atomic mass is 16.5. The average molecular weight is 400 g/mol. The second-order valence-electron chi connectivity index (χ2n) is 6.59. The lowest BCUT2D eigenvalue weighted by molar-refractivity contribution is -0.116. The van der Waals surface area contributed by atoms with E-state index in [2.05, 4.69) is 10.3 Å². The van der Waals surface area contributed by atoms with Gasteiger partial charge in [-0.25, -0.2) is 9.78 Å². The number of amides is 1. The van der Waals surface area contributed by atoms with Crippen molar-refractivity contribution in [3.05, 3.63) is 78.6 Å². The van der Waals surface area contributed by atoms with Crippen LogP contribution in [-0.2, 0) is 16.1 Å². The van der Waals surface area contributed by atoms with Crippen molar-refractivity contribution in [2.75, 3.05) is 11.9 Å². The number of benzene rings is 2. The first-order chi connectivity index (χ1) is 14.7. The third-order valence-electron chi connectivity index (χ3n) is 4.57. The number of hydrogen-bond acceptors (Lipinski definition) is 5. The van der Waals surface area contributed by atoms with Crippen LogP contribution in [0.1, 0.15) is 17.3 Å². The molecule has 0 spiro atoms. The Kier molecular flexibility index (Phi) is 5.52. The Morgan fingerprint density at radius 1 is 1.00 bits per heavy atom. The summed E-state index contributed by atoms with van der Waals surface area (Å²) < 4.78 is 6.86. The van der Waals surface area contributed by atoms with Gasteiger partial charge in [-0.2, -0.15) is 0 Å². The van der Waals surface area contributed by atoms with Crippen molar-refractivity contribution in [3.8, 4) is 11.4 Å². The molecular formula is C23H20N4O3. The first-order valence-corrected chi connectivity index (χ1v) is 9.58. The van der Waals surface area contributed by atoms with Crippen LogP contribution in [0.4, 0.5) is 5.69 Å². The van der Waals surface area contributed by atoms with E-state index in [9.17, 15) is 9.59 Å². The summed E-state index contributed by atoms with van der Waals surface area (Å²) in [4.78, 5) is 33.3. The number of para-hydroxylation sites is 2. The Morgan fingerprint density at radius 3 is 2.47 bits per heavy atom. The molecule has 0 bridgehead atoms. The lowest BCUT2D eigenvalue weighted by Gasteiger charge is -2.10. The van der Waals surface area contributed by atoms with E-state index >= 15 is 0 Å². The zero-order valence-electron chi connectivity index (χ0n) is 16.4. The molecule has 0 saturated carbocycles. The molecule has 30 heavy (non-hydrogen) atoms. The van der Waals surface area contributed by atoms with E-state index in [0.29, 0.717) is 23.7 Å². The first-order valence-electron chi connectivity index (χ1n) is 9.58. The maximum absolute atomic E-state index is 12.8. The zero-order chi connectivity index (χ0) is 20.9. The fourth-order valence-electron chi connectivity index (χ4n) is 3.21. The molecule has 0 aliphatic rings. The topological polar surface area (TPSA) is 86.1 Å². The molecule has 0 radical (unpaired) electrons.